The van der Waals surface area contributed by atoms with Crippen LogP contribution in [0.4, 0.5) is 0 Å². The van der Waals surface area contributed by atoms with Gasteiger partial charge in [0, 0.05) is 4.88 Å². The topological polar surface area (TPSA) is 60.9 Å². The molecule has 0 aliphatic heterocycles. The van der Waals surface area contributed by atoms with Crippen molar-refractivity contribution >= 4 is 28.3 Å². The molecule has 0 saturated heterocycles. The molecule has 0 bridgehead atoms. The molecule has 6 rings (SSSR count). The van der Waals surface area contributed by atoms with E-state index in [-0.39, 0.29) is 17.7 Å². The summed E-state index contributed by atoms with van der Waals surface area (Å²) in [6.45, 7) is 0. The lowest BCUT2D eigenvalue weighted by atomic mass is 9.63. The molecule has 5 heteroatoms. The zero-order valence-electron chi connectivity index (χ0n) is 20.9. The molecule has 0 radical (unpaired) electrons. The Morgan fingerprint density at radius 2 is 1.36 bits per heavy atom. The molecule has 4 nitrogen and oxygen atoms in total. The first-order chi connectivity index (χ1) is 17.7. The summed E-state index contributed by atoms with van der Waals surface area (Å²) in [4.78, 5) is 21.5. The van der Waals surface area contributed by atoms with E-state index in [0.29, 0.717) is 0 Å². The zero-order valence-corrected chi connectivity index (χ0v) is 21.7. The van der Waals surface area contributed by atoms with Crippen molar-refractivity contribution in [3.63, 3.8) is 0 Å². The minimum absolute atomic E-state index is 0.162. The van der Waals surface area contributed by atoms with Gasteiger partial charge in [-0.2, -0.15) is 0 Å². The highest BCUT2D eigenvalue weighted by molar-refractivity contribution is 7.18. The molecule has 2 saturated carbocycles. The zero-order chi connectivity index (χ0) is 24.5. The number of nitrogens with two attached hydrogens (primary N) is 1. The van der Waals surface area contributed by atoms with E-state index < -0.39 is 5.54 Å². The van der Waals surface area contributed by atoms with Gasteiger partial charge in [-0.3, -0.25) is 4.79 Å². The molecule has 186 valence electrons. The standard InChI is InChI=1S/C31H35N3OS/c32-30(35)31(23-14-6-2-7-15-23,24-16-8-3-9-17-24)34-26-19-11-10-18-25(26)33-29(34)28-21-20-27(36-28)22-12-4-1-5-13-22/h1,4-5,10-13,18-21,23-24H,2-3,6-9,14-17H2,(H2,32,35). The molecular formula is C31H35N3OS. The molecule has 1 amide bonds. The number of amides is 1. The predicted octanol–water partition coefficient (Wildman–Crippen LogP) is 7.77. The molecule has 4 aromatic rings. The Morgan fingerprint density at radius 3 is 2.00 bits per heavy atom. The second kappa shape index (κ2) is 9.85. The fraction of sp³-hybridized carbons (Fsp3) is 0.419. The molecule has 2 N–H and O–H groups in total. The Balaban J connectivity index is 1.60. The van der Waals surface area contributed by atoms with Gasteiger partial charge in [-0.25, -0.2) is 4.98 Å². The second-order valence-electron chi connectivity index (χ2n) is 10.6. The van der Waals surface area contributed by atoms with Gasteiger partial charge in [-0.1, -0.05) is 81.0 Å². The first-order valence-corrected chi connectivity index (χ1v) is 14.4. The van der Waals surface area contributed by atoms with E-state index in [1.807, 2.05) is 12.1 Å². The van der Waals surface area contributed by atoms with Crippen LogP contribution in [0.3, 0.4) is 0 Å². The van der Waals surface area contributed by atoms with Crippen molar-refractivity contribution in [1.82, 2.24) is 9.55 Å². The van der Waals surface area contributed by atoms with Crippen LogP contribution in [0.1, 0.15) is 64.2 Å². The number of nitrogens with zero attached hydrogens (tertiary/aromatic N) is 2. The molecule has 2 fully saturated rings. The van der Waals surface area contributed by atoms with Gasteiger partial charge in [0.1, 0.15) is 5.54 Å². The normalized spacial score (nSPS) is 18.0. The highest BCUT2D eigenvalue weighted by Gasteiger charge is 2.53. The average Bonchev–Trinajstić information content (AvgIpc) is 3.57. The Morgan fingerprint density at radius 1 is 0.778 bits per heavy atom. The summed E-state index contributed by atoms with van der Waals surface area (Å²) < 4.78 is 2.33. The minimum Gasteiger partial charge on any atom is -0.368 e. The quantitative estimate of drug-likeness (QED) is 0.296. The Bertz CT molecular complexity index is 1320. The fourth-order valence-corrected chi connectivity index (χ4v) is 8.07. The number of thiophene rings is 1. The van der Waals surface area contributed by atoms with Crippen LogP contribution in [-0.2, 0) is 10.3 Å². The molecule has 0 atom stereocenters. The minimum atomic E-state index is -0.747. The third-order valence-electron chi connectivity index (χ3n) is 8.67. The number of aromatic nitrogens is 2. The highest BCUT2D eigenvalue weighted by atomic mass is 32.1. The first-order valence-electron chi connectivity index (χ1n) is 13.6. The summed E-state index contributed by atoms with van der Waals surface area (Å²) in [5, 5.41) is 0. The van der Waals surface area contributed by atoms with Crippen LogP contribution in [-0.4, -0.2) is 15.5 Å². The summed E-state index contributed by atoms with van der Waals surface area (Å²) in [7, 11) is 0. The molecule has 2 aliphatic rings. The molecular weight excluding hydrogens is 462 g/mol. The molecule has 2 aromatic carbocycles. The van der Waals surface area contributed by atoms with E-state index in [2.05, 4.69) is 59.2 Å². The smallest absolute Gasteiger partial charge is 0.244 e. The van der Waals surface area contributed by atoms with Crippen LogP contribution in [0.25, 0.3) is 32.2 Å². The maximum atomic E-state index is 13.9. The van der Waals surface area contributed by atoms with Gasteiger partial charge in [0.2, 0.25) is 5.91 Å². The number of primary amides is 1. The molecule has 2 aliphatic carbocycles. The van der Waals surface area contributed by atoms with Crippen LogP contribution in [0.2, 0.25) is 0 Å². The Hall–Kier alpha value is -2.92. The number of carbonyl (C=O) groups is 1. The van der Waals surface area contributed by atoms with Gasteiger partial charge in [0.15, 0.2) is 5.82 Å². The van der Waals surface area contributed by atoms with Crippen LogP contribution in [0, 0.1) is 11.8 Å². The summed E-state index contributed by atoms with van der Waals surface area (Å²) >= 11 is 1.75. The maximum Gasteiger partial charge on any atom is 0.244 e. The van der Waals surface area contributed by atoms with Crippen molar-refractivity contribution in [2.24, 2.45) is 17.6 Å². The van der Waals surface area contributed by atoms with Crippen molar-refractivity contribution in [2.45, 2.75) is 69.7 Å². The summed E-state index contributed by atoms with van der Waals surface area (Å²) in [5.74, 6) is 1.23. The van der Waals surface area contributed by atoms with E-state index in [9.17, 15) is 4.79 Å². The lowest BCUT2D eigenvalue weighted by Gasteiger charge is -2.48. The van der Waals surface area contributed by atoms with E-state index in [4.69, 9.17) is 10.7 Å². The SMILES string of the molecule is NC(=O)C(C1CCCCC1)(C1CCCCC1)n1c(-c2ccc(-c3ccccc3)s2)nc2ccccc21. The van der Waals surface area contributed by atoms with Crippen LogP contribution < -0.4 is 5.73 Å². The first kappa shape index (κ1) is 23.5. The number of imidazole rings is 1. The number of hydrogen-bond acceptors (Lipinski definition) is 3. The number of rotatable bonds is 6. The van der Waals surface area contributed by atoms with Crippen LogP contribution in [0.15, 0.2) is 66.7 Å². The monoisotopic (exact) mass is 497 g/mol. The largest absolute Gasteiger partial charge is 0.368 e. The van der Waals surface area contributed by atoms with Crippen LogP contribution in [0.5, 0.6) is 0 Å². The Labute approximate surface area is 217 Å². The third kappa shape index (κ3) is 3.88. The summed E-state index contributed by atoms with van der Waals surface area (Å²) in [5.41, 5.74) is 9.02. The van der Waals surface area contributed by atoms with E-state index in [1.165, 1.54) is 49.0 Å². The molecule has 36 heavy (non-hydrogen) atoms. The van der Waals surface area contributed by atoms with Crippen molar-refractivity contribution < 1.29 is 4.79 Å². The van der Waals surface area contributed by atoms with Crippen molar-refractivity contribution in [3.8, 4) is 21.1 Å². The van der Waals surface area contributed by atoms with Gasteiger partial charge in [0.25, 0.3) is 0 Å². The van der Waals surface area contributed by atoms with E-state index in [0.717, 1.165) is 47.4 Å². The molecule has 2 heterocycles. The predicted molar refractivity (Wildman–Crippen MR) is 149 cm³/mol. The van der Waals surface area contributed by atoms with Gasteiger partial charge < -0.3 is 10.3 Å². The summed E-state index contributed by atoms with van der Waals surface area (Å²) in [6.07, 6.45) is 11.4. The van der Waals surface area contributed by atoms with Crippen LogP contribution >= 0.6 is 11.3 Å². The van der Waals surface area contributed by atoms with Gasteiger partial charge in [0.05, 0.1) is 15.9 Å². The highest BCUT2D eigenvalue weighted by Crippen LogP contribution is 2.51. The molecule has 0 spiro atoms. The lowest BCUT2D eigenvalue weighted by Crippen LogP contribution is -2.58. The van der Waals surface area contributed by atoms with E-state index >= 15 is 0 Å². The number of para-hydroxylation sites is 2. The van der Waals surface area contributed by atoms with Crippen molar-refractivity contribution in [1.29, 1.82) is 0 Å². The summed E-state index contributed by atoms with van der Waals surface area (Å²) in [6, 6.07) is 23.2. The fourth-order valence-electron chi connectivity index (χ4n) is 7.08. The molecule has 0 unspecified atom stereocenters. The van der Waals surface area contributed by atoms with Gasteiger partial charge in [-0.05, 0) is 67.3 Å². The van der Waals surface area contributed by atoms with Crippen molar-refractivity contribution in [2.75, 3.05) is 0 Å². The van der Waals surface area contributed by atoms with E-state index in [1.54, 1.807) is 11.3 Å². The lowest BCUT2D eigenvalue weighted by molar-refractivity contribution is -0.135. The third-order valence-corrected chi connectivity index (χ3v) is 9.80. The maximum absolute atomic E-state index is 13.9. The van der Waals surface area contributed by atoms with Gasteiger partial charge in [-0.15, -0.1) is 11.3 Å². The number of fused-ring (bicyclic) bond motifs is 1. The van der Waals surface area contributed by atoms with Crippen molar-refractivity contribution in [3.05, 3.63) is 66.7 Å². The van der Waals surface area contributed by atoms with Gasteiger partial charge >= 0.3 is 0 Å². The number of hydrogen-bond donors (Lipinski definition) is 1. The average molecular weight is 498 g/mol. The Kier molecular flexibility index (Phi) is 6.43. The number of benzene rings is 2. The number of carbonyl (C=O) groups excluding carboxylic acids is 1. The second-order valence-corrected chi connectivity index (χ2v) is 11.7. The molecule has 2 aromatic heterocycles.